The highest BCUT2D eigenvalue weighted by molar-refractivity contribution is 6.03. The first kappa shape index (κ1) is 17.2. The van der Waals surface area contributed by atoms with Crippen LogP contribution in [0.25, 0.3) is 0 Å². The lowest BCUT2D eigenvalue weighted by Gasteiger charge is -2.24. The third-order valence-corrected chi connectivity index (χ3v) is 4.69. The van der Waals surface area contributed by atoms with Gasteiger partial charge in [-0.15, -0.1) is 0 Å². The van der Waals surface area contributed by atoms with E-state index in [2.05, 4.69) is 0 Å². The quantitative estimate of drug-likeness (QED) is 0.625. The lowest BCUT2D eigenvalue weighted by atomic mass is 9.97. The van der Waals surface area contributed by atoms with Gasteiger partial charge in [0.1, 0.15) is 17.4 Å². The molecule has 1 aliphatic heterocycles. The highest BCUT2D eigenvalue weighted by atomic mass is 19.1. The molecule has 0 bridgehead atoms. The molecule has 0 radical (unpaired) electrons. The fourth-order valence-electron chi connectivity index (χ4n) is 3.34. The highest BCUT2D eigenvalue weighted by Crippen LogP contribution is 2.38. The number of hydrazone groups is 1. The average Bonchev–Trinajstić information content (AvgIpc) is 3.13. The standard InChI is InChI=1S/C22H18F2N2O/c1-27-17-12-10-15(11-13-17)20-14-21(22-18(23)8-5-9-19(22)24)26(25-20)16-6-3-2-4-7-16/h2-13,21H,14H2,1H3. The van der Waals surface area contributed by atoms with Crippen LogP contribution in [0.4, 0.5) is 14.5 Å². The van der Waals surface area contributed by atoms with E-state index in [9.17, 15) is 8.78 Å². The predicted octanol–water partition coefficient (Wildman–Crippen LogP) is 5.33. The maximum Gasteiger partial charge on any atom is 0.131 e. The molecule has 1 heterocycles. The molecule has 0 saturated heterocycles. The lowest BCUT2D eigenvalue weighted by Crippen LogP contribution is -2.20. The largest absolute Gasteiger partial charge is 0.497 e. The van der Waals surface area contributed by atoms with Crippen LogP contribution >= 0.6 is 0 Å². The smallest absolute Gasteiger partial charge is 0.131 e. The van der Waals surface area contributed by atoms with Crippen LogP contribution in [0.5, 0.6) is 5.75 Å². The average molecular weight is 364 g/mol. The number of halogens is 2. The van der Waals surface area contributed by atoms with Crippen molar-refractivity contribution in [2.24, 2.45) is 5.10 Å². The van der Waals surface area contributed by atoms with E-state index in [4.69, 9.17) is 9.84 Å². The van der Waals surface area contributed by atoms with Crippen molar-refractivity contribution in [3.05, 3.63) is 95.6 Å². The second-order valence-electron chi connectivity index (χ2n) is 6.31. The molecule has 5 heteroatoms. The molecule has 1 aliphatic rings. The van der Waals surface area contributed by atoms with Crippen molar-refractivity contribution in [3.63, 3.8) is 0 Å². The van der Waals surface area contributed by atoms with Crippen molar-refractivity contribution in [3.8, 4) is 5.75 Å². The summed E-state index contributed by atoms with van der Waals surface area (Å²) < 4.78 is 34.2. The van der Waals surface area contributed by atoms with E-state index >= 15 is 0 Å². The molecule has 3 nitrogen and oxygen atoms in total. The summed E-state index contributed by atoms with van der Waals surface area (Å²) in [6.07, 6.45) is 0.402. The summed E-state index contributed by atoms with van der Waals surface area (Å²) >= 11 is 0. The molecule has 0 saturated carbocycles. The fraction of sp³-hybridized carbons (Fsp3) is 0.136. The molecule has 27 heavy (non-hydrogen) atoms. The zero-order valence-electron chi connectivity index (χ0n) is 14.8. The molecule has 1 unspecified atom stereocenters. The number of anilines is 1. The van der Waals surface area contributed by atoms with Crippen LogP contribution < -0.4 is 9.75 Å². The van der Waals surface area contributed by atoms with Crippen molar-refractivity contribution < 1.29 is 13.5 Å². The summed E-state index contributed by atoms with van der Waals surface area (Å²) in [4.78, 5) is 0. The number of ether oxygens (including phenoxy) is 1. The molecule has 0 aliphatic carbocycles. The molecular formula is C22H18F2N2O. The van der Waals surface area contributed by atoms with Gasteiger partial charge in [0, 0.05) is 12.0 Å². The number of benzene rings is 3. The van der Waals surface area contributed by atoms with E-state index in [0.29, 0.717) is 6.42 Å². The Balaban J connectivity index is 1.77. The van der Waals surface area contributed by atoms with E-state index in [1.54, 1.807) is 12.1 Å². The third kappa shape index (κ3) is 3.28. The van der Waals surface area contributed by atoms with Gasteiger partial charge in [0.05, 0.1) is 24.6 Å². The Morgan fingerprint density at radius 2 is 1.56 bits per heavy atom. The van der Waals surface area contributed by atoms with E-state index in [1.807, 2.05) is 54.6 Å². The van der Waals surface area contributed by atoms with Crippen LogP contribution in [0.15, 0.2) is 77.9 Å². The van der Waals surface area contributed by atoms with E-state index in [-0.39, 0.29) is 5.56 Å². The second-order valence-corrected chi connectivity index (χ2v) is 6.31. The Labute approximate surface area is 156 Å². The van der Waals surface area contributed by atoms with Crippen molar-refractivity contribution >= 4 is 11.4 Å². The van der Waals surface area contributed by atoms with E-state index in [0.717, 1.165) is 22.7 Å². The van der Waals surface area contributed by atoms with Gasteiger partial charge in [0.25, 0.3) is 0 Å². The van der Waals surface area contributed by atoms with E-state index < -0.39 is 17.7 Å². The minimum Gasteiger partial charge on any atom is -0.497 e. The van der Waals surface area contributed by atoms with E-state index in [1.165, 1.54) is 18.2 Å². The minimum absolute atomic E-state index is 0.0358. The normalized spacial score (nSPS) is 16.3. The molecule has 136 valence electrons. The van der Waals surface area contributed by atoms with Crippen molar-refractivity contribution in [2.45, 2.75) is 12.5 Å². The van der Waals surface area contributed by atoms with Gasteiger partial charge in [0.15, 0.2) is 0 Å². The molecular weight excluding hydrogens is 346 g/mol. The second kappa shape index (κ2) is 7.19. The van der Waals surface area contributed by atoms with Crippen LogP contribution in [0.3, 0.4) is 0 Å². The van der Waals surface area contributed by atoms with Crippen molar-refractivity contribution in [2.75, 3.05) is 12.1 Å². The van der Waals surface area contributed by atoms with Gasteiger partial charge in [-0.3, -0.25) is 5.01 Å². The van der Waals surface area contributed by atoms with Crippen LogP contribution in [0, 0.1) is 11.6 Å². The molecule has 3 aromatic rings. The highest BCUT2D eigenvalue weighted by Gasteiger charge is 2.33. The topological polar surface area (TPSA) is 24.8 Å². The van der Waals surface area contributed by atoms with Crippen LogP contribution in [0.1, 0.15) is 23.6 Å². The Morgan fingerprint density at radius 3 is 2.19 bits per heavy atom. The fourth-order valence-corrected chi connectivity index (χ4v) is 3.34. The zero-order valence-corrected chi connectivity index (χ0v) is 14.8. The Kier molecular flexibility index (Phi) is 4.59. The first-order valence-corrected chi connectivity index (χ1v) is 8.67. The molecule has 0 amide bonds. The van der Waals surface area contributed by atoms with Gasteiger partial charge >= 0.3 is 0 Å². The molecule has 0 N–H and O–H groups in total. The summed E-state index contributed by atoms with van der Waals surface area (Å²) in [7, 11) is 1.61. The summed E-state index contributed by atoms with van der Waals surface area (Å²) in [5.74, 6) is -0.381. The Hall–Kier alpha value is -3.21. The summed E-state index contributed by atoms with van der Waals surface area (Å²) in [6, 6.07) is 20.3. The summed E-state index contributed by atoms with van der Waals surface area (Å²) in [6.45, 7) is 0. The van der Waals surface area contributed by atoms with Gasteiger partial charge in [-0.25, -0.2) is 8.78 Å². The molecule has 0 fully saturated rings. The number of hydrogen-bond donors (Lipinski definition) is 0. The maximum absolute atomic E-state index is 14.5. The van der Waals surface area contributed by atoms with Crippen molar-refractivity contribution in [1.29, 1.82) is 0 Å². The maximum atomic E-state index is 14.5. The number of methoxy groups -OCH3 is 1. The number of para-hydroxylation sites is 1. The van der Waals surface area contributed by atoms with Gasteiger partial charge < -0.3 is 4.74 Å². The Morgan fingerprint density at radius 1 is 0.889 bits per heavy atom. The summed E-state index contributed by atoms with van der Waals surface area (Å²) in [5.41, 5.74) is 2.49. The van der Waals surface area contributed by atoms with Crippen LogP contribution in [-0.4, -0.2) is 12.8 Å². The molecule has 0 aromatic heterocycles. The first-order valence-electron chi connectivity index (χ1n) is 8.67. The monoisotopic (exact) mass is 364 g/mol. The number of hydrogen-bond acceptors (Lipinski definition) is 3. The number of rotatable bonds is 4. The lowest BCUT2D eigenvalue weighted by molar-refractivity contribution is 0.415. The third-order valence-electron chi connectivity index (χ3n) is 4.69. The molecule has 1 atom stereocenters. The minimum atomic E-state index is -0.563. The van der Waals surface area contributed by atoms with Gasteiger partial charge in [0.2, 0.25) is 0 Å². The van der Waals surface area contributed by atoms with Gasteiger partial charge in [-0.2, -0.15) is 5.10 Å². The molecule has 0 spiro atoms. The van der Waals surface area contributed by atoms with Gasteiger partial charge in [-0.1, -0.05) is 24.3 Å². The number of nitrogens with zero attached hydrogens (tertiary/aromatic N) is 2. The predicted molar refractivity (Wildman–Crippen MR) is 102 cm³/mol. The molecule has 4 rings (SSSR count). The zero-order chi connectivity index (χ0) is 18.8. The summed E-state index contributed by atoms with van der Waals surface area (Å²) in [5, 5.41) is 6.40. The van der Waals surface area contributed by atoms with Crippen molar-refractivity contribution in [1.82, 2.24) is 0 Å². The molecule has 3 aromatic carbocycles. The Bertz CT molecular complexity index is 951. The first-order chi connectivity index (χ1) is 13.2. The van der Waals surface area contributed by atoms with Gasteiger partial charge in [-0.05, 0) is 54.1 Å². The SMILES string of the molecule is COc1ccc(C2=NN(c3ccccc3)C(c3c(F)cccc3F)C2)cc1. The van der Waals surface area contributed by atoms with Crippen LogP contribution in [0.2, 0.25) is 0 Å². The van der Waals surface area contributed by atoms with Crippen LogP contribution in [-0.2, 0) is 0 Å².